The van der Waals surface area contributed by atoms with E-state index in [4.69, 9.17) is 4.74 Å². The highest BCUT2D eigenvalue weighted by atomic mass is 32.1. The van der Waals surface area contributed by atoms with Gasteiger partial charge in [0, 0.05) is 10.9 Å². The summed E-state index contributed by atoms with van der Waals surface area (Å²) >= 11 is 1.43. The molecule has 0 fully saturated rings. The molecule has 0 aliphatic carbocycles. The van der Waals surface area contributed by atoms with Crippen LogP contribution >= 0.6 is 11.3 Å². The van der Waals surface area contributed by atoms with Crippen LogP contribution in [-0.4, -0.2) is 18.0 Å². The fourth-order valence-corrected chi connectivity index (χ4v) is 3.37. The zero-order chi connectivity index (χ0) is 17.8. The molecule has 5 heteroatoms. The van der Waals surface area contributed by atoms with Gasteiger partial charge in [-0.1, -0.05) is 36.4 Å². The van der Waals surface area contributed by atoms with Gasteiger partial charge in [-0.25, -0.2) is 4.98 Å². The van der Waals surface area contributed by atoms with Gasteiger partial charge in [-0.3, -0.25) is 4.79 Å². The lowest BCUT2D eigenvalue weighted by atomic mass is 10.1. The highest BCUT2D eigenvalue weighted by Crippen LogP contribution is 2.27. The number of amides is 1. The van der Waals surface area contributed by atoms with Gasteiger partial charge in [0.05, 0.1) is 19.2 Å². The second-order valence-electron chi connectivity index (χ2n) is 5.88. The van der Waals surface area contributed by atoms with Gasteiger partial charge in [-0.05, 0) is 36.6 Å². The molecule has 0 radical (unpaired) electrons. The van der Waals surface area contributed by atoms with Crippen molar-refractivity contribution in [1.29, 1.82) is 0 Å². The van der Waals surface area contributed by atoms with Gasteiger partial charge in [-0.2, -0.15) is 0 Å². The summed E-state index contributed by atoms with van der Waals surface area (Å²) in [6.07, 6.45) is 0.288. The number of hydrogen-bond donors (Lipinski definition) is 1. The molecule has 25 heavy (non-hydrogen) atoms. The summed E-state index contributed by atoms with van der Waals surface area (Å²) in [6, 6.07) is 13.9. The van der Waals surface area contributed by atoms with E-state index in [1.165, 1.54) is 11.3 Å². The molecule has 1 aromatic heterocycles. The molecule has 0 aliphatic rings. The third-order valence-corrected chi connectivity index (χ3v) is 4.77. The average Bonchev–Trinajstić information content (AvgIpc) is 3.05. The monoisotopic (exact) mass is 352 g/mol. The zero-order valence-corrected chi connectivity index (χ0v) is 15.3. The molecule has 0 saturated carbocycles. The van der Waals surface area contributed by atoms with Crippen LogP contribution in [0.25, 0.3) is 11.3 Å². The van der Waals surface area contributed by atoms with Crippen LogP contribution in [0.2, 0.25) is 0 Å². The Morgan fingerprint density at radius 2 is 1.96 bits per heavy atom. The summed E-state index contributed by atoms with van der Waals surface area (Å²) in [6.45, 7) is 4.03. The number of rotatable bonds is 5. The van der Waals surface area contributed by atoms with Gasteiger partial charge in [0.2, 0.25) is 5.91 Å². The van der Waals surface area contributed by atoms with E-state index in [-0.39, 0.29) is 12.3 Å². The van der Waals surface area contributed by atoms with Crippen molar-refractivity contribution in [2.45, 2.75) is 20.3 Å². The third kappa shape index (κ3) is 4.06. The van der Waals surface area contributed by atoms with Crippen LogP contribution in [0.15, 0.2) is 47.8 Å². The third-order valence-electron chi connectivity index (χ3n) is 4.01. The Morgan fingerprint density at radius 1 is 1.16 bits per heavy atom. The van der Waals surface area contributed by atoms with Crippen molar-refractivity contribution in [3.05, 3.63) is 64.5 Å². The maximum Gasteiger partial charge on any atom is 0.230 e. The second kappa shape index (κ2) is 7.49. The van der Waals surface area contributed by atoms with E-state index in [0.29, 0.717) is 5.13 Å². The summed E-state index contributed by atoms with van der Waals surface area (Å²) < 4.78 is 5.31. The minimum Gasteiger partial charge on any atom is -0.496 e. The Labute approximate surface area is 151 Å². The van der Waals surface area contributed by atoms with E-state index in [9.17, 15) is 4.79 Å². The fraction of sp³-hybridized carbons (Fsp3) is 0.200. The first-order valence-electron chi connectivity index (χ1n) is 8.01. The van der Waals surface area contributed by atoms with E-state index in [2.05, 4.69) is 23.3 Å². The standard InChI is InChI=1S/C20H20N2O2S/c1-13-6-4-5-7-16(13)17-12-25-20(21-17)22-19(23)11-15-9-8-14(2)18(10-15)24-3/h4-10,12H,11H2,1-3H3,(H,21,22,23). The van der Waals surface area contributed by atoms with Gasteiger partial charge in [0.25, 0.3) is 0 Å². The lowest BCUT2D eigenvalue weighted by molar-refractivity contribution is -0.115. The number of carbonyl (C=O) groups excluding carboxylic acids is 1. The van der Waals surface area contributed by atoms with Gasteiger partial charge in [-0.15, -0.1) is 11.3 Å². The summed E-state index contributed by atoms with van der Waals surface area (Å²) in [7, 11) is 1.63. The highest BCUT2D eigenvalue weighted by molar-refractivity contribution is 7.14. The average molecular weight is 352 g/mol. The summed E-state index contributed by atoms with van der Waals surface area (Å²) in [5.74, 6) is 0.706. The number of carbonyl (C=O) groups is 1. The molecule has 3 rings (SSSR count). The molecule has 1 amide bonds. The first-order chi connectivity index (χ1) is 12.1. The number of nitrogens with zero attached hydrogens (tertiary/aromatic N) is 1. The number of methoxy groups -OCH3 is 1. The summed E-state index contributed by atoms with van der Waals surface area (Å²) in [5.41, 5.74) is 5.10. The SMILES string of the molecule is COc1cc(CC(=O)Nc2nc(-c3ccccc3C)cs2)ccc1C. The molecule has 3 aromatic rings. The fourth-order valence-electron chi connectivity index (χ4n) is 2.64. The van der Waals surface area contributed by atoms with E-state index < -0.39 is 0 Å². The van der Waals surface area contributed by atoms with Crippen LogP contribution in [0.1, 0.15) is 16.7 Å². The Kier molecular flexibility index (Phi) is 5.14. The zero-order valence-electron chi connectivity index (χ0n) is 14.5. The molecule has 1 heterocycles. The number of aryl methyl sites for hydroxylation is 2. The van der Waals surface area contributed by atoms with E-state index in [1.807, 2.05) is 48.7 Å². The van der Waals surface area contributed by atoms with Gasteiger partial charge < -0.3 is 10.1 Å². The van der Waals surface area contributed by atoms with E-state index in [1.54, 1.807) is 7.11 Å². The van der Waals surface area contributed by atoms with E-state index >= 15 is 0 Å². The lowest BCUT2D eigenvalue weighted by Crippen LogP contribution is -2.14. The van der Waals surface area contributed by atoms with Crippen LogP contribution in [0, 0.1) is 13.8 Å². The molecular weight excluding hydrogens is 332 g/mol. The predicted molar refractivity (Wildman–Crippen MR) is 102 cm³/mol. The Bertz CT molecular complexity index is 902. The maximum absolute atomic E-state index is 12.3. The number of ether oxygens (including phenoxy) is 1. The van der Waals surface area contributed by atoms with Crippen molar-refractivity contribution >= 4 is 22.4 Å². The second-order valence-corrected chi connectivity index (χ2v) is 6.74. The number of nitrogens with one attached hydrogen (secondary N) is 1. The maximum atomic E-state index is 12.3. The van der Waals surface area contributed by atoms with Gasteiger partial charge >= 0.3 is 0 Å². The highest BCUT2D eigenvalue weighted by Gasteiger charge is 2.11. The Morgan fingerprint density at radius 3 is 2.72 bits per heavy atom. The molecule has 0 saturated heterocycles. The minimum absolute atomic E-state index is 0.0865. The number of aromatic nitrogens is 1. The summed E-state index contributed by atoms with van der Waals surface area (Å²) in [5, 5.41) is 5.46. The first kappa shape index (κ1) is 17.2. The predicted octanol–water partition coefficient (Wildman–Crippen LogP) is 4.62. The molecular formula is C20H20N2O2S. The molecule has 0 spiro atoms. The van der Waals surface area contributed by atoms with Crippen LogP contribution < -0.4 is 10.1 Å². The topological polar surface area (TPSA) is 51.2 Å². The molecule has 128 valence electrons. The number of hydrogen-bond acceptors (Lipinski definition) is 4. The Hall–Kier alpha value is -2.66. The molecule has 0 aliphatic heterocycles. The quantitative estimate of drug-likeness (QED) is 0.729. The number of anilines is 1. The van der Waals surface area contributed by atoms with Gasteiger partial charge in [0.1, 0.15) is 5.75 Å². The molecule has 0 unspecified atom stereocenters. The van der Waals surface area contributed by atoms with Crippen molar-refractivity contribution in [2.75, 3.05) is 12.4 Å². The lowest BCUT2D eigenvalue weighted by Gasteiger charge is -2.07. The molecule has 2 aromatic carbocycles. The number of thiazole rings is 1. The minimum atomic E-state index is -0.0865. The van der Waals surface area contributed by atoms with Crippen LogP contribution in [-0.2, 0) is 11.2 Å². The summed E-state index contributed by atoms with van der Waals surface area (Å²) in [4.78, 5) is 16.8. The van der Waals surface area contributed by atoms with Crippen LogP contribution in [0.4, 0.5) is 5.13 Å². The molecule has 0 atom stereocenters. The van der Waals surface area contributed by atoms with Crippen molar-refractivity contribution < 1.29 is 9.53 Å². The first-order valence-corrected chi connectivity index (χ1v) is 8.89. The van der Waals surface area contributed by atoms with Crippen molar-refractivity contribution in [3.8, 4) is 17.0 Å². The Balaban J connectivity index is 1.69. The van der Waals surface area contributed by atoms with Crippen molar-refractivity contribution in [1.82, 2.24) is 4.98 Å². The number of benzene rings is 2. The molecule has 1 N–H and O–H groups in total. The van der Waals surface area contributed by atoms with E-state index in [0.717, 1.165) is 33.7 Å². The normalized spacial score (nSPS) is 10.5. The van der Waals surface area contributed by atoms with Crippen LogP contribution in [0.5, 0.6) is 5.75 Å². The molecule has 0 bridgehead atoms. The van der Waals surface area contributed by atoms with Crippen molar-refractivity contribution in [3.63, 3.8) is 0 Å². The smallest absolute Gasteiger partial charge is 0.230 e. The van der Waals surface area contributed by atoms with Crippen molar-refractivity contribution in [2.24, 2.45) is 0 Å². The van der Waals surface area contributed by atoms with Crippen LogP contribution in [0.3, 0.4) is 0 Å². The largest absolute Gasteiger partial charge is 0.496 e. The van der Waals surface area contributed by atoms with Gasteiger partial charge in [0.15, 0.2) is 5.13 Å². The molecule has 4 nitrogen and oxygen atoms in total.